The number of allylic oxidation sites excluding steroid dienone is 1. The molecule has 0 aliphatic carbocycles. The average Bonchev–Trinajstić information content (AvgIpc) is 3.57. The van der Waals surface area contributed by atoms with Crippen molar-refractivity contribution in [3.05, 3.63) is 25.3 Å². The standard InChI is InChI=1S/C34H55N3O7/c1-9-11-15-25(39)35-21-23(3)43-31(42)26-24-16-17-34(44-24)27(26)29(40)36(19-13-12-14-20-38)28(34)30(41)37(18-10-2)33(7,8)22-32(4,5)6/h9-10,23-24,26-28,38H,1-2,11-22H2,3-8H3,(H,35,39)/t23-,24-,26+,27+,28-,34+/m1/s1. The fourth-order valence-corrected chi connectivity index (χ4v) is 7.71. The topological polar surface area (TPSA) is 125 Å². The van der Waals surface area contributed by atoms with Crippen molar-refractivity contribution >= 4 is 23.7 Å². The summed E-state index contributed by atoms with van der Waals surface area (Å²) < 4.78 is 12.4. The molecule has 44 heavy (non-hydrogen) atoms. The van der Waals surface area contributed by atoms with Crippen LogP contribution in [0, 0.1) is 17.3 Å². The second-order valence-electron chi connectivity index (χ2n) is 14.5. The van der Waals surface area contributed by atoms with Gasteiger partial charge in [0.15, 0.2) is 0 Å². The van der Waals surface area contributed by atoms with Crippen LogP contribution in [0.15, 0.2) is 25.3 Å². The molecule has 2 bridgehead atoms. The van der Waals surface area contributed by atoms with Crippen molar-refractivity contribution in [3.8, 4) is 0 Å². The molecule has 0 unspecified atom stereocenters. The number of rotatable bonds is 17. The average molecular weight is 618 g/mol. The normalized spacial score (nSPS) is 26.7. The van der Waals surface area contributed by atoms with Crippen LogP contribution in [0.4, 0.5) is 0 Å². The predicted molar refractivity (Wildman–Crippen MR) is 168 cm³/mol. The Kier molecular flexibility index (Phi) is 11.9. The number of aliphatic hydroxyl groups is 1. The summed E-state index contributed by atoms with van der Waals surface area (Å²) in [7, 11) is 0. The third kappa shape index (κ3) is 7.73. The van der Waals surface area contributed by atoms with Gasteiger partial charge in [-0.05, 0) is 71.1 Å². The molecule has 3 fully saturated rings. The van der Waals surface area contributed by atoms with Crippen LogP contribution in [0.5, 0.6) is 0 Å². The Balaban J connectivity index is 1.90. The van der Waals surface area contributed by atoms with Crippen molar-refractivity contribution in [1.29, 1.82) is 0 Å². The smallest absolute Gasteiger partial charge is 0.312 e. The molecule has 0 saturated carbocycles. The highest BCUT2D eigenvalue weighted by atomic mass is 16.6. The first-order valence-corrected chi connectivity index (χ1v) is 16.2. The summed E-state index contributed by atoms with van der Waals surface area (Å²) in [6.07, 6.45) is 6.82. The number of amides is 3. The SMILES string of the molecule is C=CCCC(=O)NC[C@@H](C)OC(=O)[C@@H]1[C@H]2C(=O)N(CCCCCO)[C@H](C(=O)N(CC=C)C(C)(C)CC(C)(C)C)[C@]23CC[C@H]1O3. The van der Waals surface area contributed by atoms with E-state index in [2.05, 4.69) is 39.2 Å². The van der Waals surface area contributed by atoms with Crippen molar-refractivity contribution in [3.63, 3.8) is 0 Å². The van der Waals surface area contributed by atoms with E-state index in [0.717, 1.165) is 6.42 Å². The number of esters is 1. The Hall–Kier alpha value is -2.72. The van der Waals surface area contributed by atoms with E-state index in [1.165, 1.54) is 0 Å². The maximum atomic E-state index is 14.7. The molecule has 0 radical (unpaired) electrons. The largest absolute Gasteiger partial charge is 0.460 e. The van der Waals surface area contributed by atoms with Crippen LogP contribution < -0.4 is 5.32 Å². The van der Waals surface area contributed by atoms with E-state index in [4.69, 9.17) is 9.47 Å². The Morgan fingerprint density at radius 2 is 1.89 bits per heavy atom. The fourth-order valence-electron chi connectivity index (χ4n) is 7.71. The quantitative estimate of drug-likeness (QED) is 0.145. The first-order valence-electron chi connectivity index (χ1n) is 16.2. The van der Waals surface area contributed by atoms with Crippen LogP contribution in [0.25, 0.3) is 0 Å². The summed E-state index contributed by atoms with van der Waals surface area (Å²) in [6, 6.07) is -0.877. The minimum Gasteiger partial charge on any atom is -0.460 e. The molecule has 3 aliphatic rings. The zero-order chi connectivity index (χ0) is 32.9. The van der Waals surface area contributed by atoms with E-state index >= 15 is 0 Å². The molecule has 248 valence electrons. The van der Waals surface area contributed by atoms with Gasteiger partial charge in [-0.1, -0.05) is 32.9 Å². The molecule has 3 aliphatic heterocycles. The number of nitrogens with zero attached hydrogens (tertiary/aromatic N) is 2. The van der Waals surface area contributed by atoms with Gasteiger partial charge in [0.1, 0.15) is 17.7 Å². The number of hydrogen-bond donors (Lipinski definition) is 2. The van der Waals surface area contributed by atoms with Crippen LogP contribution in [0.2, 0.25) is 0 Å². The lowest BCUT2D eigenvalue weighted by Crippen LogP contribution is -2.61. The molecule has 0 aromatic carbocycles. The van der Waals surface area contributed by atoms with Gasteiger partial charge < -0.3 is 29.7 Å². The van der Waals surface area contributed by atoms with Crippen molar-refractivity contribution in [2.45, 2.75) is 122 Å². The number of aliphatic hydroxyl groups excluding tert-OH is 1. The highest BCUT2D eigenvalue weighted by Crippen LogP contribution is 2.59. The highest BCUT2D eigenvalue weighted by molar-refractivity contribution is 5.98. The Labute approximate surface area is 263 Å². The predicted octanol–water partition coefficient (Wildman–Crippen LogP) is 3.77. The summed E-state index contributed by atoms with van der Waals surface area (Å²) in [5.74, 6) is -2.80. The highest BCUT2D eigenvalue weighted by Gasteiger charge is 2.75. The molecule has 0 aromatic rings. The number of carbonyl (C=O) groups excluding carboxylic acids is 4. The third-order valence-electron chi connectivity index (χ3n) is 9.11. The molecule has 3 heterocycles. The van der Waals surface area contributed by atoms with E-state index in [9.17, 15) is 24.3 Å². The lowest BCUT2D eigenvalue weighted by Gasteiger charge is -2.45. The lowest BCUT2D eigenvalue weighted by molar-refractivity contribution is -0.159. The van der Waals surface area contributed by atoms with Crippen molar-refractivity contribution in [2.75, 3.05) is 26.2 Å². The molecule has 0 aromatic heterocycles. The molecular formula is C34H55N3O7. The lowest BCUT2D eigenvalue weighted by atomic mass is 9.70. The van der Waals surface area contributed by atoms with Gasteiger partial charge in [-0.25, -0.2) is 0 Å². The number of hydrogen-bond acceptors (Lipinski definition) is 7. The fraction of sp³-hybridized carbons (Fsp3) is 0.765. The van der Waals surface area contributed by atoms with E-state index in [1.54, 1.807) is 24.0 Å². The number of nitrogens with one attached hydrogen (secondary N) is 1. The van der Waals surface area contributed by atoms with Crippen LogP contribution in [0.1, 0.15) is 92.9 Å². The van der Waals surface area contributed by atoms with Crippen molar-refractivity contribution < 1.29 is 33.8 Å². The summed E-state index contributed by atoms with van der Waals surface area (Å²) in [6.45, 7) is 20.6. The molecule has 3 rings (SSSR count). The van der Waals surface area contributed by atoms with Crippen LogP contribution >= 0.6 is 0 Å². The monoisotopic (exact) mass is 617 g/mol. The minimum atomic E-state index is -1.13. The number of unbranched alkanes of at least 4 members (excludes halogenated alkanes) is 2. The first kappa shape index (κ1) is 35.8. The zero-order valence-electron chi connectivity index (χ0n) is 27.7. The van der Waals surface area contributed by atoms with E-state index in [-0.39, 0.29) is 36.3 Å². The van der Waals surface area contributed by atoms with Crippen LogP contribution in [-0.2, 0) is 28.7 Å². The van der Waals surface area contributed by atoms with Crippen molar-refractivity contribution in [1.82, 2.24) is 15.1 Å². The molecule has 2 N–H and O–H groups in total. The van der Waals surface area contributed by atoms with Crippen molar-refractivity contribution in [2.24, 2.45) is 17.3 Å². The first-order chi connectivity index (χ1) is 20.6. The number of fused-ring (bicyclic) bond motifs is 1. The number of carbonyl (C=O) groups is 4. The zero-order valence-corrected chi connectivity index (χ0v) is 27.7. The second-order valence-corrected chi connectivity index (χ2v) is 14.5. The summed E-state index contributed by atoms with van der Waals surface area (Å²) in [5, 5.41) is 12.1. The van der Waals surface area contributed by atoms with Gasteiger partial charge in [-0.15, -0.1) is 13.2 Å². The van der Waals surface area contributed by atoms with Gasteiger partial charge in [0.2, 0.25) is 17.7 Å². The maximum Gasteiger partial charge on any atom is 0.312 e. The molecule has 10 nitrogen and oxygen atoms in total. The summed E-state index contributed by atoms with van der Waals surface area (Å²) in [4.78, 5) is 58.1. The molecule has 6 atom stereocenters. The Bertz CT molecular complexity index is 1080. The molecule has 3 saturated heterocycles. The van der Waals surface area contributed by atoms with E-state index < -0.39 is 47.2 Å². The van der Waals surface area contributed by atoms with E-state index in [1.807, 2.05) is 18.7 Å². The maximum absolute atomic E-state index is 14.7. The van der Waals surface area contributed by atoms with E-state index in [0.29, 0.717) is 58.0 Å². The summed E-state index contributed by atoms with van der Waals surface area (Å²) in [5.41, 5.74) is -1.72. The van der Waals surface area contributed by atoms with Gasteiger partial charge in [-0.3, -0.25) is 19.2 Å². The van der Waals surface area contributed by atoms with Gasteiger partial charge in [0, 0.05) is 31.7 Å². The minimum absolute atomic E-state index is 0.0571. The van der Waals surface area contributed by atoms with Crippen LogP contribution in [0.3, 0.4) is 0 Å². The van der Waals surface area contributed by atoms with Gasteiger partial charge in [0.25, 0.3) is 0 Å². The van der Waals surface area contributed by atoms with Crippen LogP contribution in [-0.4, -0.2) is 94.2 Å². The summed E-state index contributed by atoms with van der Waals surface area (Å²) >= 11 is 0. The molecule has 10 heteroatoms. The molecule has 1 spiro atoms. The third-order valence-corrected chi connectivity index (χ3v) is 9.11. The Morgan fingerprint density at radius 3 is 2.50 bits per heavy atom. The number of ether oxygens (including phenoxy) is 2. The number of likely N-dealkylation sites (tertiary alicyclic amines) is 1. The molecular weight excluding hydrogens is 562 g/mol. The molecule has 3 amide bonds. The Morgan fingerprint density at radius 1 is 1.18 bits per heavy atom. The van der Waals surface area contributed by atoms with Gasteiger partial charge in [0.05, 0.1) is 24.5 Å². The van der Waals surface area contributed by atoms with Gasteiger partial charge >= 0.3 is 5.97 Å². The second kappa shape index (κ2) is 14.6. The van der Waals surface area contributed by atoms with Gasteiger partial charge in [-0.2, -0.15) is 0 Å².